The van der Waals surface area contributed by atoms with E-state index in [0.29, 0.717) is 22.8 Å². The molecule has 166 valence electrons. The Morgan fingerprint density at radius 3 is 2.88 bits per heavy atom. The van der Waals surface area contributed by atoms with Gasteiger partial charge in [-0.05, 0) is 56.4 Å². The number of ether oxygens (including phenoxy) is 1. The Morgan fingerprint density at radius 1 is 1.19 bits per heavy atom. The summed E-state index contributed by atoms with van der Waals surface area (Å²) in [7, 11) is 1.46. The molecule has 0 fully saturated rings. The van der Waals surface area contributed by atoms with Crippen molar-refractivity contribution in [2.75, 3.05) is 19.0 Å². The van der Waals surface area contributed by atoms with Crippen molar-refractivity contribution < 1.29 is 14.3 Å². The number of hydrogen-bond donors (Lipinski definition) is 2. The number of rotatable bonds is 7. The highest BCUT2D eigenvalue weighted by Gasteiger charge is 2.16. The second-order valence-electron chi connectivity index (χ2n) is 7.75. The molecule has 2 N–H and O–H groups in total. The predicted octanol–water partition coefficient (Wildman–Crippen LogP) is 2.36. The first kappa shape index (κ1) is 21.6. The van der Waals surface area contributed by atoms with Crippen LogP contribution in [0.25, 0.3) is 5.69 Å². The van der Waals surface area contributed by atoms with Gasteiger partial charge in [0, 0.05) is 24.1 Å². The molecule has 0 unspecified atom stereocenters. The lowest BCUT2D eigenvalue weighted by Gasteiger charge is -2.17. The molecule has 2 heterocycles. The van der Waals surface area contributed by atoms with Crippen LogP contribution in [0.5, 0.6) is 0 Å². The first-order chi connectivity index (χ1) is 15.5. The van der Waals surface area contributed by atoms with Gasteiger partial charge < -0.3 is 15.4 Å². The highest BCUT2D eigenvalue weighted by atomic mass is 16.5. The predicted molar refractivity (Wildman–Crippen MR) is 119 cm³/mol. The summed E-state index contributed by atoms with van der Waals surface area (Å²) in [6.07, 6.45) is 7.55. The molecule has 2 amide bonds. The number of aromatic nitrogens is 4. The number of anilines is 1. The minimum Gasteiger partial charge on any atom is -0.375 e. The Morgan fingerprint density at radius 2 is 2.03 bits per heavy atom. The summed E-state index contributed by atoms with van der Waals surface area (Å²) >= 11 is 0. The maximum atomic E-state index is 12.7. The maximum Gasteiger partial charge on any atom is 0.251 e. The number of methoxy groups -OCH3 is 1. The van der Waals surface area contributed by atoms with Gasteiger partial charge in [0.2, 0.25) is 5.91 Å². The van der Waals surface area contributed by atoms with E-state index in [1.54, 1.807) is 29.1 Å². The van der Waals surface area contributed by atoms with Crippen LogP contribution >= 0.6 is 0 Å². The number of hydrogen-bond acceptors (Lipinski definition) is 6. The van der Waals surface area contributed by atoms with Crippen LogP contribution in [0.1, 0.15) is 46.0 Å². The summed E-state index contributed by atoms with van der Waals surface area (Å²) in [6.45, 7) is 2.25. The van der Waals surface area contributed by atoms with Crippen LogP contribution in [-0.2, 0) is 28.9 Å². The second-order valence-corrected chi connectivity index (χ2v) is 7.75. The fourth-order valence-corrected chi connectivity index (χ4v) is 3.83. The number of amides is 2. The summed E-state index contributed by atoms with van der Waals surface area (Å²) < 4.78 is 6.40. The van der Waals surface area contributed by atoms with Gasteiger partial charge in [-0.1, -0.05) is 6.07 Å². The normalized spacial score (nSPS) is 12.8. The lowest BCUT2D eigenvalue weighted by atomic mass is 9.95. The van der Waals surface area contributed by atoms with Gasteiger partial charge in [-0.2, -0.15) is 5.10 Å². The highest BCUT2D eigenvalue weighted by molar-refractivity contribution is 5.94. The largest absolute Gasteiger partial charge is 0.375 e. The summed E-state index contributed by atoms with van der Waals surface area (Å²) in [6, 6.07) is 7.10. The molecule has 0 saturated carbocycles. The minimum atomic E-state index is -0.264. The molecule has 9 nitrogen and oxygen atoms in total. The third kappa shape index (κ3) is 5.00. The molecular formula is C23H26N6O3. The van der Waals surface area contributed by atoms with Crippen molar-refractivity contribution in [3.05, 3.63) is 65.0 Å². The molecule has 1 aromatic carbocycles. The van der Waals surface area contributed by atoms with E-state index in [-0.39, 0.29) is 25.0 Å². The molecule has 4 rings (SSSR count). The molecule has 0 atom stereocenters. The van der Waals surface area contributed by atoms with Crippen LogP contribution in [0.15, 0.2) is 36.7 Å². The highest BCUT2D eigenvalue weighted by Crippen LogP contribution is 2.21. The number of aryl methyl sites for hydroxylation is 2. The van der Waals surface area contributed by atoms with E-state index in [4.69, 9.17) is 4.74 Å². The summed E-state index contributed by atoms with van der Waals surface area (Å²) in [5.41, 5.74) is 5.12. The van der Waals surface area contributed by atoms with Gasteiger partial charge in [0.25, 0.3) is 5.91 Å². The Bertz CT molecular complexity index is 1140. The van der Waals surface area contributed by atoms with E-state index in [1.807, 2.05) is 13.0 Å². The number of benzene rings is 1. The van der Waals surface area contributed by atoms with Gasteiger partial charge in [0.15, 0.2) is 0 Å². The fraction of sp³-hybridized carbons (Fsp3) is 0.348. The van der Waals surface area contributed by atoms with Gasteiger partial charge in [-0.25, -0.2) is 14.6 Å². The van der Waals surface area contributed by atoms with Crippen LogP contribution in [0.3, 0.4) is 0 Å². The minimum absolute atomic E-state index is 0.0334. The Labute approximate surface area is 186 Å². The van der Waals surface area contributed by atoms with Gasteiger partial charge in [0.05, 0.1) is 30.3 Å². The van der Waals surface area contributed by atoms with Crippen molar-refractivity contribution in [1.29, 1.82) is 0 Å². The van der Waals surface area contributed by atoms with Crippen molar-refractivity contribution in [3.63, 3.8) is 0 Å². The number of carbonyl (C=O) groups is 2. The zero-order valence-corrected chi connectivity index (χ0v) is 18.2. The lowest BCUT2D eigenvalue weighted by Crippen LogP contribution is -2.25. The average molecular weight is 435 g/mol. The molecule has 1 aliphatic rings. The first-order valence-electron chi connectivity index (χ1n) is 10.6. The van der Waals surface area contributed by atoms with E-state index >= 15 is 0 Å². The van der Waals surface area contributed by atoms with Crippen molar-refractivity contribution >= 4 is 17.5 Å². The van der Waals surface area contributed by atoms with Gasteiger partial charge in [-0.15, -0.1) is 0 Å². The summed E-state index contributed by atoms with van der Waals surface area (Å²) in [5.74, 6) is 0.155. The van der Waals surface area contributed by atoms with Crippen LogP contribution in [-0.4, -0.2) is 45.3 Å². The first-order valence-corrected chi connectivity index (χ1v) is 10.6. The molecular weight excluding hydrogens is 408 g/mol. The molecule has 9 heteroatoms. The van der Waals surface area contributed by atoms with Crippen molar-refractivity contribution in [1.82, 2.24) is 25.1 Å². The molecule has 2 aromatic heterocycles. The second kappa shape index (κ2) is 9.69. The van der Waals surface area contributed by atoms with Crippen molar-refractivity contribution in [2.45, 2.75) is 39.2 Å². The molecule has 0 aliphatic heterocycles. The average Bonchev–Trinajstić information content (AvgIpc) is 3.26. The van der Waals surface area contributed by atoms with E-state index in [2.05, 4.69) is 25.7 Å². The van der Waals surface area contributed by atoms with E-state index in [0.717, 1.165) is 30.7 Å². The monoisotopic (exact) mass is 434 g/mol. The van der Waals surface area contributed by atoms with Gasteiger partial charge >= 0.3 is 0 Å². The molecule has 0 radical (unpaired) electrons. The lowest BCUT2D eigenvalue weighted by molar-refractivity contribution is -0.119. The Kier molecular flexibility index (Phi) is 6.55. The van der Waals surface area contributed by atoms with Crippen LogP contribution in [0.2, 0.25) is 0 Å². The molecule has 0 spiro atoms. The zero-order valence-electron chi connectivity index (χ0n) is 18.2. The summed E-state index contributed by atoms with van der Waals surface area (Å²) in [5, 5.41) is 9.86. The molecule has 0 bridgehead atoms. The van der Waals surface area contributed by atoms with E-state index in [9.17, 15) is 9.59 Å². The van der Waals surface area contributed by atoms with Gasteiger partial charge in [0.1, 0.15) is 12.4 Å². The number of nitrogens with one attached hydrogen (secondary N) is 2. The zero-order chi connectivity index (χ0) is 22.5. The van der Waals surface area contributed by atoms with E-state index in [1.165, 1.54) is 25.3 Å². The molecule has 1 aliphatic carbocycles. The number of nitrogens with zero attached hydrogens (tertiary/aromatic N) is 4. The fourth-order valence-electron chi connectivity index (χ4n) is 3.83. The number of fused-ring (bicyclic) bond motifs is 1. The van der Waals surface area contributed by atoms with Crippen LogP contribution < -0.4 is 10.6 Å². The Balaban J connectivity index is 1.42. The van der Waals surface area contributed by atoms with Crippen LogP contribution in [0, 0.1) is 6.92 Å². The number of carbonyl (C=O) groups excluding carboxylic acids is 2. The topological polar surface area (TPSA) is 111 Å². The van der Waals surface area contributed by atoms with E-state index < -0.39 is 0 Å². The van der Waals surface area contributed by atoms with Gasteiger partial charge in [-0.3, -0.25) is 9.59 Å². The third-order valence-corrected chi connectivity index (χ3v) is 5.36. The quantitative estimate of drug-likeness (QED) is 0.591. The SMILES string of the molecule is COCC(=O)Nc1cnn(-c2cccc(C(=O)NCc3nc(C)c4c(n3)CCCC4)c2)c1. The molecule has 3 aromatic rings. The van der Waals surface area contributed by atoms with Crippen molar-refractivity contribution in [2.24, 2.45) is 0 Å². The molecule has 32 heavy (non-hydrogen) atoms. The van der Waals surface area contributed by atoms with Crippen LogP contribution in [0.4, 0.5) is 5.69 Å². The maximum absolute atomic E-state index is 12.7. The summed E-state index contributed by atoms with van der Waals surface area (Å²) in [4.78, 5) is 33.6. The van der Waals surface area contributed by atoms with Crippen molar-refractivity contribution in [3.8, 4) is 5.69 Å². The molecule has 0 saturated heterocycles. The standard InChI is InChI=1S/C23H26N6O3/c1-15-19-8-3-4-9-20(19)28-21(26-15)12-24-23(31)16-6-5-7-18(10-16)29-13-17(11-25-29)27-22(30)14-32-2/h5-7,10-11,13H,3-4,8-9,12,14H2,1-2H3,(H,24,31)(H,27,30). The Hall–Kier alpha value is -3.59. The third-order valence-electron chi connectivity index (χ3n) is 5.36. The smallest absolute Gasteiger partial charge is 0.251 e.